The second-order valence-corrected chi connectivity index (χ2v) is 4.73. The van der Waals surface area contributed by atoms with Gasteiger partial charge in [0.05, 0.1) is 11.4 Å². The fourth-order valence-corrected chi connectivity index (χ4v) is 2.46. The maximum Gasteiger partial charge on any atom is 0.0597 e. The SMILES string of the molecule is CCn1nc(C)cc1CN1CCCC(N)C1. The highest BCUT2D eigenvalue weighted by Crippen LogP contribution is 2.13. The van der Waals surface area contributed by atoms with Crippen LogP contribution in [0.15, 0.2) is 6.07 Å². The van der Waals surface area contributed by atoms with Crippen molar-refractivity contribution in [2.45, 2.75) is 45.8 Å². The van der Waals surface area contributed by atoms with E-state index in [0.717, 1.165) is 25.3 Å². The molecule has 2 heterocycles. The molecule has 2 rings (SSSR count). The third-order valence-electron chi connectivity index (χ3n) is 3.21. The Kier molecular flexibility index (Phi) is 3.61. The third-order valence-corrected chi connectivity index (χ3v) is 3.21. The van der Waals surface area contributed by atoms with E-state index in [2.05, 4.69) is 34.6 Å². The van der Waals surface area contributed by atoms with Crippen molar-refractivity contribution in [3.05, 3.63) is 17.5 Å². The summed E-state index contributed by atoms with van der Waals surface area (Å²) in [7, 11) is 0. The topological polar surface area (TPSA) is 47.1 Å². The van der Waals surface area contributed by atoms with Crippen LogP contribution in [-0.2, 0) is 13.1 Å². The lowest BCUT2D eigenvalue weighted by molar-refractivity contribution is 0.196. The molecule has 1 saturated heterocycles. The lowest BCUT2D eigenvalue weighted by atomic mass is 10.1. The van der Waals surface area contributed by atoms with Crippen LogP contribution in [0.5, 0.6) is 0 Å². The van der Waals surface area contributed by atoms with E-state index in [0.29, 0.717) is 6.04 Å². The van der Waals surface area contributed by atoms with E-state index in [4.69, 9.17) is 5.73 Å². The quantitative estimate of drug-likeness (QED) is 0.834. The molecule has 1 aliphatic rings. The molecule has 1 atom stereocenters. The van der Waals surface area contributed by atoms with E-state index in [1.54, 1.807) is 0 Å². The van der Waals surface area contributed by atoms with Gasteiger partial charge in [0.1, 0.15) is 0 Å². The van der Waals surface area contributed by atoms with Gasteiger partial charge in [0.15, 0.2) is 0 Å². The molecule has 0 bridgehead atoms. The number of piperidine rings is 1. The maximum atomic E-state index is 5.99. The van der Waals surface area contributed by atoms with Gasteiger partial charge in [0.2, 0.25) is 0 Å². The van der Waals surface area contributed by atoms with Gasteiger partial charge >= 0.3 is 0 Å². The molecular weight excluding hydrogens is 200 g/mol. The number of aromatic nitrogens is 2. The van der Waals surface area contributed by atoms with Crippen LogP contribution in [0, 0.1) is 6.92 Å². The zero-order valence-corrected chi connectivity index (χ0v) is 10.3. The Morgan fingerprint density at radius 3 is 3.06 bits per heavy atom. The normalized spacial score (nSPS) is 22.6. The summed E-state index contributed by atoms with van der Waals surface area (Å²) >= 11 is 0. The first-order valence-electron chi connectivity index (χ1n) is 6.20. The Bertz CT molecular complexity index is 345. The molecule has 0 aromatic carbocycles. The Balaban J connectivity index is 2.02. The largest absolute Gasteiger partial charge is 0.327 e. The summed E-state index contributed by atoms with van der Waals surface area (Å²) in [5.74, 6) is 0. The molecule has 16 heavy (non-hydrogen) atoms. The highest BCUT2D eigenvalue weighted by molar-refractivity contribution is 5.09. The summed E-state index contributed by atoms with van der Waals surface area (Å²) in [6.45, 7) is 8.32. The summed E-state index contributed by atoms with van der Waals surface area (Å²) in [6.07, 6.45) is 2.39. The van der Waals surface area contributed by atoms with Gasteiger partial charge in [-0.3, -0.25) is 9.58 Å². The maximum absolute atomic E-state index is 5.99. The van der Waals surface area contributed by atoms with Crippen LogP contribution in [0.2, 0.25) is 0 Å². The average Bonchev–Trinajstić information content (AvgIpc) is 2.59. The van der Waals surface area contributed by atoms with E-state index in [1.165, 1.54) is 25.1 Å². The van der Waals surface area contributed by atoms with Gasteiger partial charge < -0.3 is 5.73 Å². The minimum absolute atomic E-state index is 0.354. The minimum Gasteiger partial charge on any atom is -0.327 e. The van der Waals surface area contributed by atoms with Crippen LogP contribution in [0.3, 0.4) is 0 Å². The number of hydrogen-bond donors (Lipinski definition) is 1. The molecule has 0 spiro atoms. The van der Waals surface area contributed by atoms with E-state index >= 15 is 0 Å². The summed E-state index contributed by atoms with van der Waals surface area (Å²) < 4.78 is 2.09. The van der Waals surface area contributed by atoms with Crippen molar-refractivity contribution in [3.8, 4) is 0 Å². The van der Waals surface area contributed by atoms with Crippen molar-refractivity contribution < 1.29 is 0 Å². The molecule has 0 saturated carbocycles. The second kappa shape index (κ2) is 4.97. The zero-order chi connectivity index (χ0) is 11.5. The summed E-state index contributed by atoms with van der Waals surface area (Å²) in [5, 5.41) is 4.47. The first kappa shape index (κ1) is 11.6. The fraction of sp³-hybridized carbons (Fsp3) is 0.750. The molecule has 1 fully saturated rings. The van der Waals surface area contributed by atoms with Crippen molar-refractivity contribution in [1.29, 1.82) is 0 Å². The van der Waals surface area contributed by atoms with Crippen molar-refractivity contribution in [2.75, 3.05) is 13.1 Å². The fourth-order valence-electron chi connectivity index (χ4n) is 2.46. The Morgan fingerprint density at radius 2 is 2.38 bits per heavy atom. The average molecular weight is 222 g/mol. The Labute approximate surface area is 97.4 Å². The molecule has 1 aromatic rings. The van der Waals surface area contributed by atoms with Gasteiger partial charge in [0, 0.05) is 25.7 Å². The van der Waals surface area contributed by atoms with E-state index in [-0.39, 0.29) is 0 Å². The smallest absolute Gasteiger partial charge is 0.0597 e. The van der Waals surface area contributed by atoms with Crippen LogP contribution in [0.4, 0.5) is 0 Å². The molecule has 0 amide bonds. The van der Waals surface area contributed by atoms with Gasteiger partial charge in [-0.2, -0.15) is 5.10 Å². The monoisotopic (exact) mass is 222 g/mol. The predicted octanol–water partition coefficient (Wildman–Crippen LogP) is 1.13. The highest BCUT2D eigenvalue weighted by Gasteiger charge is 2.18. The van der Waals surface area contributed by atoms with Crippen molar-refractivity contribution in [1.82, 2.24) is 14.7 Å². The van der Waals surface area contributed by atoms with Crippen LogP contribution in [-0.4, -0.2) is 33.8 Å². The second-order valence-electron chi connectivity index (χ2n) is 4.73. The molecule has 0 aliphatic carbocycles. The van der Waals surface area contributed by atoms with E-state index in [1.807, 2.05) is 0 Å². The molecule has 4 heteroatoms. The highest BCUT2D eigenvalue weighted by atomic mass is 15.3. The van der Waals surface area contributed by atoms with Crippen LogP contribution >= 0.6 is 0 Å². The molecule has 2 N–H and O–H groups in total. The molecule has 1 aromatic heterocycles. The van der Waals surface area contributed by atoms with Crippen molar-refractivity contribution in [2.24, 2.45) is 5.73 Å². The molecule has 90 valence electrons. The van der Waals surface area contributed by atoms with Gasteiger partial charge in [-0.15, -0.1) is 0 Å². The third kappa shape index (κ3) is 2.62. The van der Waals surface area contributed by atoms with Gasteiger partial charge in [-0.25, -0.2) is 0 Å². The number of hydrogen-bond acceptors (Lipinski definition) is 3. The van der Waals surface area contributed by atoms with Crippen molar-refractivity contribution >= 4 is 0 Å². The molecular formula is C12H22N4. The molecule has 1 aliphatic heterocycles. The van der Waals surface area contributed by atoms with Crippen LogP contribution in [0.25, 0.3) is 0 Å². The van der Waals surface area contributed by atoms with Crippen molar-refractivity contribution in [3.63, 3.8) is 0 Å². The van der Waals surface area contributed by atoms with Crippen LogP contribution < -0.4 is 5.73 Å². The first-order chi connectivity index (χ1) is 7.69. The van der Waals surface area contributed by atoms with E-state index < -0.39 is 0 Å². The number of likely N-dealkylation sites (tertiary alicyclic amines) is 1. The minimum atomic E-state index is 0.354. The lowest BCUT2D eigenvalue weighted by Gasteiger charge is -2.30. The van der Waals surface area contributed by atoms with Gasteiger partial charge in [-0.05, 0) is 39.3 Å². The molecule has 0 radical (unpaired) electrons. The summed E-state index contributed by atoms with van der Waals surface area (Å²) in [6, 6.07) is 2.54. The summed E-state index contributed by atoms with van der Waals surface area (Å²) in [4.78, 5) is 2.44. The predicted molar refractivity (Wildman–Crippen MR) is 65.1 cm³/mol. The number of aryl methyl sites for hydroxylation is 2. The van der Waals surface area contributed by atoms with Gasteiger partial charge in [-0.1, -0.05) is 0 Å². The lowest BCUT2D eigenvalue weighted by Crippen LogP contribution is -2.42. The van der Waals surface area contributed by atoms with E-state index in [9.17, 15) is 0 Å². The number of rotatable bonds is 3. The summed E-state index contributed by atoms with van der Waals surface area (Å²) in [5.41, 5.74) is 8.41. The number of nitrogens with two attached hydrogens (primary N) is 1. The Hall–Kier alpha value is -0.870. The molecule has 1 unspecified atom stereocenters. The first-order valence-corrected chi connectivity index (χ1v) is 6.20. The van der Waals surface area contributed by atoms with Crippen LogP contribution in [0.1, 0.15) is 31.2 Å². The zero-order valence-electron chi connectivity index (χ0n) is 10.3. The Morgan fingerprint density at radius 1 is 1.56 bits per heavy atom. The standard InChI is InChI=1S/C12H22N4/c1-3-16-12(7-10(2)14-16)9-15-6-4-5-11(13)8-15/h7,11H,3-6,8-9,13H2,1-2H3. The number of nitrogens with zero attached hydrogens (tertiary/aromatic N) is 3. The van der Waals surface area contributed by atoms with Gasteiger partial charge in [0.25, 0.3) is 0 Å². The molecule has 4 nitrogen and oxygen atoms in total.